The first-order chi connectivity index (χ1) is 11.7. The molecule has 134 valence electrons. The van der Waals surface area contributed by atoms with Crippen molar-refractivity contribution in [3.05, 3.63) is 59.7 Å². The standard InChI is InChI=1S/C14H9F6NO2P2/c15-13(16,17)9-1-5-11(6-2-9)22-24-21-25-23-12-7-3-10(4-8-12)14(18,19)20/h1-8,24H. The summed E-state index contributed by atoms with van der Waals surface area (Å²) < 4.78 is 88.4. The van der Waals surface area contributed by atoms with E-state index in [0.29, 0.717) is 0 Å². The molecule has 0 aliphatic heterocycles. The van der Waals surface area contributed by atoms with Gasteiger partial charge in [-0.2, -0.15) is 30.9 Å². The van der Waals surface area contributed by atoms with Gasteiger partial charge >= 0.3 is 12.4 Å². The maximum atomic E-state index is 12.4. The zero-order chi connectivity index (χ0) is 18.5. The first kappa shape index (κ1) is 19.5. The van der Waals surface area contributed by atoms with Gasteiger partial charge in [0.2, 0.25) is 17.6 Å². The third kappa shape index (κ3) is 6.18. The summed E-state index contributed by atoms with van der Waals surface area (Å²) in [7, 11) is -0.349. The van der Waals surface area contributed by atoms with E-state index in [1.54, 1.807) is 0 Å². The monoisotopic (exact) mass is 399 g/mol. The van der Waals surface area contributed by atoms with Crippen LogP contribution < -0.4 is 9.05 Å². The highest BCUT2D eigenvalue weighted by atomic mass is 31.1. The predicted octanol–water partition coefficient (Wildman–Crippen LogP) is 6.74. The largest absolute Gasteiger partial charge is 0.454 e. The summed E-state index contributed by atoms with van der Waals surface area (Å²) in [4.78, 5) is 0. The molecule has 0 aromatic heterocycles. The Labute approximate surface area is 141 Å². The van der Waals surface area contributed by atoms with Gasteiger partial charge in [-0.3, -0.25) is 0 Å². The number of alkyl halides is 6. The van der Waals surface area contributed by atoms with E-state index in [2.05, 4.69) is 4.52 Å². The second kappa shape index (κ2) is 8.02. The zero-order valence-corrected chi connectivity index (χ0v) is 14.0. The van der Waals surface area contributed by atoms with Gasteiger partial charge in [-0.05, 0) is 48.5 Å². The Balaban J connectivity index is 1.80. The second-order valence-electron chi connectivity index (χ2n) is 4.51. The lowest BCUT2D eigenvalue weighted by Crippen LogP contribution is -2.03. The minimum atomic E-state index is -4.42. The van der Waals surface area contributed by atoms with Crippen molar-refractivity contribution < 1.29 is 35.4 Å². The topological polar surface area (TPSA) is 30.8 Å². The molecule has 0 bridgehead atoms. The van der Waals surface area contributed by atoms with Gasteiger partial charge in [0.25, 0.3) is 0 Å². The Morgan fingerprint density at radius 3 is 1.60 bits per heavy atom. The van der Waals surface area contributed by atoms with Crippen LogP contribution in [0.1, 0.15) is 11.1 Å². The third-order valence-electron chi connectivity index (χ3n) is 2.75. The zero-order valence-electron chi connectivity index (χ0n) is 12.1. The summed E-state index contributed by atoms with van der Waals surface area (Å²) in [5.41, 5.74) is -1.58. The summed E-state index contributed by atoms with van der Waals surface area (Å²) in [5, 5.41) is 0. The molecular formula is C14H9F6NO2P2. The maximum absolute atomic E-state index is 12.4. The Morgan fingerprint density at radius 1 is 0.720 bits per heavy atom. The minimum Gasteiger partial charge on any atom is -0.454 e. The van der Waals surface area contributed by atoms with Crippen LogP contribution in [0.25, 0.3) is 0 Å². The number of halogens is 6. The Bertz CT molecular complexity index is 714. The van der Waals surface area contributed by atoms with Crippen LogP contribution in [0.2, 0.25) is 0 Å². The molecule has 25 heavy (non-hydrogen) atoms. The molecule has 0 spiro atoms. The lowest BCUT2D eigenvalue weighted by Gasteiger charge is -2.07. The average molecular weight is 399 g/mol. The fourth-order valence-corrected chi connectivity index (χ4v) is 2.49. The van der Waals surface area contributed by atoms with Gasteiger partial charge in [0, 0.05) is 0 Å². The SMILES string of the molecule is FC(F)(F)c1ccc(OP=NPOc2ccc(C(F)(F)F)cc2)cc1. The first-order valence-corrected chi connectivity index (χ1v) is 8.12. The van der Waals surface area contributed by atoms with E-state index in [4.69, 9.17) is 9.05 Å². The van der Waals surface area contributed by atoms with Crippen molar-refractivity contribution in [1.29, 1.82) is 0 Å². The van der Waals surface area contributed by atoms with Gasteiger partial charge in [-0.15, -0.1) is 0 Å². The molecule has 2 aromatic carbocycles. The molecular weight excluding hydrogens is 390 g/mol. The van der Waals surface area contributed by atoms with Crippen LogP contribution >= 0.6 is 17.6 Å². The molecule has 0 N–H and O–H groups in total. The van der Waals surface area contributed by atoms with E-state index < -0.39 is 32.4 Å². The van der Waals surface area contributed by atoms with Gasteiger partial charge in [0.1, 0.15) is 11.5 Å². The molecule has 0 heterocycles. The maximum Gasteiger partial charge on any atom is 0.416 e. The van der Waals surface area contributed by atoms with Gasteiger partial charge in [-0.1, -0.05) is 0 Å². The number of rotatable bonds is 5. The molecule has 11 heteroatoms. The van der Waals surface area contributed by atoms with Crippen LogP contribution in [0, 0.1) is 0 Å². The van der Waals surface area contributed by atoms with E-state index in [-0.39, 0.29) is 20.1 Å². The van der Waals surface area contributed by atoms with E-state index in [9.17, 15) is 26.3 Å². The molecule has 2 aromatic rings. The molecule has 0 aliphatic rings. The lowest BCUT2D eigenvalue weighted by atomic mass is 10.2. The highest BCUT2D eigenvalue weighted by Gasteiger charge is 2.30. The van der Waals surface area contributed by atoms with Crippen LogP contribution in [-0.4, -0.2) is 0 Å². The van der Waals surface area contributed by atoms with Crippen LogP contribution in [0.4, 0.5) is 26.3 Å². The third-order valence-corrected chi connectivity index (χ3v) is 4.03. The fourth-order valence-electron chi connectivity index (χ4n) is 1.57. The number of hydrogen-bond acceptors (Lipinski definition) is 3. The molecule has 0 saturated carbocycles. The van der Waals surface area contributed by atoms with Crippen molar-refractivity contribution >= 4 is 17.6 Å². The molecule has 2 rings (SSSR count). The van der Waals surface area contributed by atoms with Crippen molar-refractivity contribution in [3.63, 3.8) is 0 Å². The van der Waals surface area contributed by atoms with Crippen LogP contribution in [0.3, 0.4) is 0 Å². The van der Waals surface area contributed by atoms with Crippen LogP contribution in [-0.2, 0) is 12.4 Å². The van der Waals surface area contributed by atoms with Crippen molar-refractivity contribution in [2.75, 3.05) is 0 Å². The van der Waals surface area contributed by atoms with E-state index in [0.717, 1.165) is 36.4 Å². The van der Waals surface area contributed by atoms with Gasteiger partial charge < -0.3 is 9.05 Å². The van der Waals surface area contributed by atoms with Crippen molar-refractivity contribution in [2.45, 2.75) is 12.4 Å². The van der Waals surface area contributed by atoms with E-state index in [1.807, 2.05) is 0 Å². The molecule has 3 nitrogen and oxygen atoms in total. The molecule has 0 aliphatic carbocycles. The van der Waals surface area contributed by atoms with Crippen molar-refractivity contribution in [3.8, 4) is 11.5 Å². The Hall–Kier alpha value is -1.85. The smallest absolute Gasteiger partial charge is 0.416 e. The Morgan fingerprint density at radius 2 is 1.16 bits per heavy atom. The molecule has 0 amide bonds. The van der Waals surface area contributed by atoms with Crippen molar-refractivity contribution in [2.24, 2.45) is 4.52 Å². The highest BCUT2D eigenvalue weighted by Crippen LogP contribution is 2.33. The van der Waals surface area contributed by atoms with E-state index in [1.165, 1.54) is 12.1 Å². The van der Waals surface area contributed by atoms with Gasteiger partial charge in [0.15, 0.2) is 0 Å². The molecule has 0 radical (unpaired) electrons. The first-order valence-electron chi connectivity index (χ1n) is 6.50. The summed E-state index contributed by atoms with van der Waals surface area (Å²) in [6.45, 7) is 0. The molecule has 1 atom stereocenters. The fraction of sp³-hybridized carbons (Fsp3) is 0.143. The van der Waals surface area contributed by atoms with E-state index >= 15 is 0 Å². The van der Waals surface area contributed by atoms with Crippen molar-refractivity contribution in [1.82, 2.24) is 0 Å². The van der Waals surface area contributed by atoms with Gasteiger partial charge in [0.05, 0.1) is 11.1 Å². The van der Waals surface area contributed by atoms with Gasteiger partial charge in [-0.25, -0.2) is 0 Å². The Kier molecular flexibility index (Phi) is 6.25. The molecule has 1 unspecified atom stereocenters. The summed E-state index contributed by atoms with van der Waals surface area (Å²) >= 11 is 0. The molecule has 0 fully saturated rings. The minimum absolute atomic E-state index is 0.0910. The lowest BCUT2D eigenvalue weighted by molar-refractivity contribution is -0.138. The molecule has 0 saturated heterocycles. The normalized spacial score (nSPS) is 12.9. The number of nitrogens with zero attached hydrogens (tertiary/aromatic N) is 1. The summed E-state index contributed by atoms with van der Waals surface area (Å²) in [6.07, 6.45) is -8.84. The predicted molar refractivity (Wildman–Crippen MR) is 81.8 cm³/mol. The number of benzene rings is 2. The quantitative estimate of drug-likeness (QED) is 0.412. The summed E-state index contributed by atoms with van der Waals surface area (Å²) in [6, 6.07) is 8.18. The van der Waals surface area contributed by atoms with Crippen LogP contribution in [0.5, 0.6) is 11.5 Å². The second-order valence-corrected chi connectivity index (χ2v) is 6.04. The van der Waals surface area contributed by atoms with Crippen LogP contribution in [0.15, 0.2) is 53.0 Å². The highest BCUT2D eigenvalue weighted by molar-refractivity contribution is 7.39. The number of hydrogen-bond donors (Lipinski definition) is 0. The summed E-state index contributed by atoms with van der Waals surface area (Å²) in [5.74, 6) is 0.401. The average Bonchev–Trinajstić information content (AvgIpc) is 2.54.